The lowest BCUT2D eigenvalue weighted by molar-refractivity contribution is 0.0931. The number of pyridine rings is 1. The fraction of sp³-hybridized carbons (Fsp3) is 0.520. The summed E-state index contributed by atoms with van der Waals surface area (Å²) in [5.41, 5.74) is 2.41. The van der Waals surface area contributed by atoms with Crippen molar-refractivity contribution in [3.8, 4) is 0 Å². The van der Waals surface area contributed by atoms with Crippen molar-refractivity contribution in [2.24, 2.45) is 10.9 Å². The summed E-state index contributed by atoms with van der Waals surface area (Å²) in [5, 5.41) is 6.82. The molecule has 1 fully saturated rings. The van der Waals surface area contributed by atoms with Crippen molar-refractivity contribution >= 4 is 11.8 Å². The third-order valence-electron chi connectivity index (χ3n) is 5.77. The fourth-order valence-electron chi connectivity index (χ4n) is 3.73. The van der Waals surface area contributed by atoms with Crippen molar-refractivity contribution in [3.05, 3.63) is 59.8 Å². The molecule has 1 unspecified atom stereocenters. The van der Waals surface area contributed by atoms with Gasteiger partial charge >= 0.3 is 0 Å². The van der Waals surface area contributed by atoms with Gasteiger partial charge in [-0.15, -0.1) is 0 Å². The zero-order chi connectivity index (χ0) is 22.6. The van der Waals surface area contributed by atoms with E-state index in [-0.39, 0.29) is 0 Å². The molecular weight excluding hydrogens is 400 g/mol. The highest BCUT2D eigenvalue weighted by atomic mass is 16.5. The van der Waals surface area contributed by atoms with Crippen LogP contribution in [-0.4, -0.2) is 68.8 Å². The minimum Gasteiger partial charge on any atom is -0.376 e. The van der Waals surface area contributed by atoms with Gasteiger partial charge in [-0.3, -0.25) is 4.99 Å². The van der Waals surface area contributed by atoms with E-state index in [1.54, 1.807) is 7.05 Å². The van der Waals surface area contributed by atoms with Crippen molar-refractivity contribution in [2.75, 3.05) is 57.8 Å². The SMILES string of the molecule is CCN1CCN(c2cc(CNC(=NC)NCC(C)COCc3ccccc3)ccn2)CC1. The molecule has 3 rings (SSSR count). The highest BCUT2D eigenvalue weighted by Crippen LogP contribution is 2.15. The van der Waals surface area contributed by atoms with Gasteiger partial charge in [0.15, 0.2) is 5.96 Å². The lowest BCUT2D eigenvalue weighted by atomic mass is 10.2. The number of aliphatic imine (C=N–C) groups is 1. The summed E-state index contributed by atoms with van der Waals surface area (Å²) in [6, 6.07) is 14.5. The summed E-state index contributed by atoms with van der Waals surface area (Å²) in [6.07, 6.45) is 1.90. The van der Waals surface area contributed by atoms with Gasteiger partial charge in [-0.25, -0.2) is 4.98 Å². The second kappa shape index (κ2) is 13.0. The molecule has 2 N–H and O–H groups in total. The number of rotatable bonds is 10. The number of hydrogen-bond donors (Lipinski definition) is 2. The molecule has 7 heteroatoms. The number of nitrogens with zero attached hydrogens (tertiary/aromatic N) is 4. The molecule has 1 saturated heterocycles. The molecule has 0 spiro atoms. The van der Waals surface area contributed by atoms with Gasteiger partial charge in [-0.1, -0.05) is 44.2 Å². The Balaban J connectivity index is 1.38. The predicted octanol–water partition coefficient (Wildman–Crippen LogP) is 2.74. The quantitative estimate of drug-likeness (QED) is 0.439. The van der Waals surface area contributed by atoms with Gasteiger partial charge < -0.3 is 25.2 Å². The van der Waals surface area contributed by atoms with Gasteiger partial charge in [0.25, 0.3) is 0 Å². The van der Waals surface area contributed by atoms with E-state index in [9.17, 15) is 0 Å². The van der Waals surface area contributed by atoms with Crippen LogP contribution in [0.25, 0.3) is 0 Å². The smallest absolute Gasteiger partial charge is 0.191 e. The van der Waals surface area contributed by atoms with Crippen molar-refractivity contribution in [3.63, 3.8) is 0 Å². The Bertz CT molecular complexity index is 820. The molecule has 0 amide bonds. The van der Waals surface area contributed by atoms with Gasteiger partial charge in [0.1, 0.15) is 5.82 Å². The lowest BCUT2D eigenvalue weighted by Gasteiger charge is -2.34. The van der Waals surface area contributed by atoms with Crippen LogP contribution >= 0.6 is 0 Å². The van der Waals surface area contributed by atoms with Crippen LogP contribution in [0.1, 0.15) is 25.0 Å². The maximum Gasteiger partial charge on any atom is 0.191 e. The van der Waals surface area contributed by atoms with Crippen LogP contribution in [0, 0.1) is 5.92 Å². The molecule has 0 saturated carbocycles. The van der Waals surface area contributed by atoms with Crippen LogP contribution in [0.2, 0.25) is 0 Å². The van der Waals surface area contributed by atoms with Crippen LogP contribution in [0.4, 0.5) is 5.82 Å². The number of guanidine groups is 1. The standard InChI is InChI=1S/C25H38N6O/c1-4-30-12-14-31(15-13-30)24-16-23(10-11-27-24)18-29-25(26-3)28-17-21(2)19-32-20-22-8-6-5-7-9-22/h5-11,16,21H,4,12-15,17-20H2,1-3H3,(H2,26,28,29). The lowest BCUT2D eigenvalue weighted by Crippen LogP contribution is -2.46. The summed E-state index contributed by atoms with van der Waals surface area (Å²) in [6.45, 7) is 12.7. The molecule has 7 nitrogen and oxygen atoms in total. The number of piperazine rings is 1. The monoisotopic (exact) mass is 438 g/mol. The largest absolute Gasteiger partial charge is 0.376 e. The van der Waals surface area contributed by atoms with Crippen LogP contribution in [0.15, 0.2) is 53.7 Å². The minimum absolute atomic E-state index is 0.381. The highest BCUT2D eigenvalue weighted by molar-refractivity contribution is 5.79. The van der Waals surface area contributed by atoms with E-state index in [2.05, 4.69) is 68.5 Å². The zero-order valence-corrected chi connectivity index (χ0v) is 19.8. The van der Waals surface area contributed by atoms with Crippen molar-refractivity contribution in [2.45, 2.75) is 27.0 Å². The average Bonchev–Trinajstić information content (AvgIpc) is 2.85. The molecule has 2 heterocycles. The predicted molar refractivity (Wildman–Crippen MR) is 132 cm³/mol. The zero-order valence-electron chi connectivity index (χ0n) is 19.8. The van der Waals surface area contributed by atoms with Crippen LogP contribution in [0.3, 0.4) is 0 Å². The molecule has 1 aromatic heterocycles. The minimum atomic E-state index is 0.381. The van der Waals surface area contributed by atoms with E-state index < -0.39 is 0 Å². The van der Waals surface area contributed by atoms with Gasteiger partial charge in [0, 0.05) is 52.5 Å². The number of benzene rings is 1. The van der Waals surface area contributed by atoms with Crippen LogP contribution < -0.4 is 15.5 Å². The molecule has 174 valence electrons. The number of nitrogens with one attached hydrogen (secondary N) is 2. The van der Waals surface area contributed by atoms with E-state index in [0.717, 1.165) is 51.0 Å². The van der Waals surface area contributed by atoms with Crippen molar-refractivity contribution in [1.82, 2.24) is 20.5 Å². The Morgan fingerprint density at radius 1 is 1.09 bits per heavy atom. The first-order valence-corrected chi connectivity index (χ1v) is 11.7. The third kappa shape index (κ3) is 7.80. The van der Waals surface area contributed by atoms with Gasteiger partial charge in [0.2, 0.25) is 0 Å². The summed E-state index contributed by atoms with van der Waals surface area (Å²) < 4.78 is 5.85. The molecular formula is C25H38N6O. The summed E-state index contributed by atoms with van der Waals surface area (Å²) >= 11 is 0. The van der Waals surface area contributed by atoms with E-state index >= 15 is 0 Å². The summed E-state index contributed by atoms with van der Waals surface area (Å²) in [7, 11) is 1.80. The Morgan fingerprint density at radius 2 is 1.88 bits per heavy atom. The molecule has 1 aliphatic heterocycles. The van der Waals surface area contributed by atoms with Crippen LogP contribution in [-0.2, 0) is 17.9 Å². The normalized spacial score (nSPS) is 16.1. The maximum atomic E-state index is 5.85. The van der Waals surface area contributed by atoms with E-state index in [0.29, 0.717) is 25.7 Å². The molecule has 1 aromatic carbocycles. The molecule has 1 atom stereocenters. The van der Waals surface area contributed by atoms with Gasteiger partial charge in [-0.2, -0.15) is 0 Å². The number of ether oxygens (including phenoxy) is 1. The molecule has 2 aromatic rings. The maximum absolute atomic E-state index is 5.85. The first-order valence-electron chi connectivity index (χ1n) is 11.7. The van der Waals surface area contributed by atoms with Gasteiger partial charge in [-0.05, 0) is 35.7 Å². The van der Waals surface area contributed by atoms with Gasteiger partial charge in [0.05, 0.1) is 13.2 Å². The average molecular weight is 439 g/mol. The first kappa shape index (κ1) is 24.0. The number of aromatic nitrogens is 1. The second-order valence-electron chi connectivity index (χ2n) is 8.36. The summed E-state index contributed by atoms with van der Waals surface area (Å²) in [4.78, 5) is 13.8. The number of anilines is 1. The number of likely N-dealkylation sites (N-methyl/N-ethyl adjacent to an activating group) is 1. The number of hydrogen-bond acceptors (Lipinski definition) is 5. The van der Waals surface area contributed by atoms with Crippen molar-refractivity contribution < 1.29 is 4.74 Å². The van der Waals surface area contributed by atoms with E-state index in [1.807, 2.05) is 24.4 Å². The summed E-state index contributed by atoms with van der Waals surface area (Å²) in [5.74, 6) is 2.24. The third-order valence-corrected chi connectivity index (χ3v) is 5.77. The van der Waals surface area contributed by atoms with Crippen LogP contribution in [0.5, 0.6) is 0 Å². The highest BCUT2D eigenvalue weighted by Gasteiger charge is 2.16. The molecule has 1 aliphatic rings. The van der Waals surface area contributed by atoms with Crippen molar-refractivity contribution in [1.29, 1.82) is 0 Å². The molecule has 32 heavy (non-hydrogen) atoms. The van der Waals surface area contributed by atoms with E-state index in [1.165, 1.54) is 11.1 Å². The molecule has 0 bridgehead atoms. The van der Waals surface area contributed by atoms with E-state index in [4.69, 9.17) is 4.74 Å². The molecule has 0 radical (unpaired) electrons. The second-order valence-corrected chi connectivity index (χ2v) is 8.36. The fourth-order valence-corrected chi connectivity index (χ4v) is 3.73. The molecule has 0 aliphatic carbocycles. The Hall–Kier alpha value is -2.64. The topological polar surface area (TPSA) is 65.0 Å². The Labute approximate surface area is 192 Å². The Morgan fingerprint density at radius 3 is 2.59 bits per heavy atom. The first-order chi connectivity index (χ1) is 15.7. The Kier molecular flexibility index (Phi) is 9.78.